The number of rotatable bonds is 6. The Bertz CT molecular complexity index is 440. The van der Waals surface area contributed by atoms with Crippen LogP contribution in [0.1, 0.15) is 60.3 Å². The maximum Gasteiger partial charge on any atom is 0.326 e. The number of carbonyl (C=O) groups excluding carboxylic acids is 2. The third-order valence-corrected chi connectivity index (χ3v) is 5.09. The lowest BCUT2D eigenvalue weighted by Crippen LogP contribution is -2.54. The van der Waals surface area contributed by atoms with Crippen LogP contribution in [0.4, 0.5) is 4.79 Å². The fourth-order valence-electron chi connectivity index (χ4n) is 4.05. The first-order valence-electron chi connectivity index (χ1n) is 9.12. The van der Waals surface area contributed by atoms with E-state index in [0.717, 1.165) is 38.8 Å². The topological polar surface area (TPSA) is 52.6 Å². The normalized spacial score (nSPS) is 28.5. The van der Waals surface area contributed by atoms with Crippen molar-refractivity contribution in [2.75, 3.05) is 19.8 Å². The third kappa shape index (κ3) is 3.87. The van der Waals surface area contributed by atoms with Crippen molar-refractivity contribution in [2.45, 2.75) is 65.8 Å². The highest BCUT2D eigenvalue weighted by molar-refractivity contribution is 6.07. The summed E-state index contributed by atoms with van der Waals surface area (Å²) < 4.78 is 0. The first-order chi connectivity index (χ1) is 10.8. The highest BCUT2D eigenvalue weighted by atomic mass is 16.2. The molecule has 3 amide bonds. The van der Waals surface area contributed by atoms with Crippen LogP contribution in [0.2, 0.25) is 0 Å². The molecule has 1 spiro atoms. The number of urea groups is 1. The Morgan fingerprint density at radius 2 is 1.78 bits per heavy atom. The second kappa shape index (κ2) is 7.20. The van der Waals surface area contributed by atoms with E-state index in [-0.39, 0.29) is 17.9 Å². The van der Waals surface area contributed by atoms with Gasteiger partial charge in [0, 0.05) is 13.1 Å². The zero-order valence-electron chi connectivity index (χ0n) is 15.4. The fourth-order valence-corrected chi connectivity index (χ4v) is 4.05. The summed E-state index contributed by atoms with van der Waals surface area (Å²) in [5.74, 6) is 1.24. The average Bonchev–Trinajstić information content (AvgIpc) is 2.66. The molecule has 132 valence electrons. The molecule has 2 fully saturated rings. The number of hydrogen-bond acceptors (Lipinski definition) is 3. The summed E-state index contributed by atoms with van der Waals surface area (Å²) in [5.41, 5.74) is -0.642. The molecule has 0 bridgehead atoms. The largest absolute Gasteiger partial charge is 0.326 e. The maximum atomic E-state index is 13.0. The Hall–Kier alpha value is -1.10. The first kappa shape index (κ1) is 18.2. The zero-order valence-corrected chi connectivity index (χ0v) is 15.4. The molecule has 5 nitrogen and oxygen atoms in total. The van der Waals surface area contributed by atoms with Gasteiger partial charge in [0.25, 0.3) is 5.91 Å². The van der Waals surface area contributed by atoms with Crippen LogP contribution in [0.5, 0.6) is 0 Å². The number of hydrogen-bond donors (Lipinski definition) is 1. The Morgan fingerprint density at radius 3 is 2.30 bits per heavy atom. The molecule has 1 saturated carbocycles. The summed E-state index contributed by atoms with van der Waals surface area (Å²) in [7, 11) is 0. The van der Waals surface area contributed by atoms with E-state index in [1.165, 1.54) is 4.90 Å². The van der Waals surface area contributed by atoms with Gasteiger partial charge in [0.2, 0.25) is 0 Å². The minimum absolute atomic E-state index is 0.00721. The monoisotopic (exact) mass is 323 g/mol. The van der Waals surface area contributed by atoms with E-state index in [1.54, 1.807) is 0 Å². The molecule has 5 heteroatoms. The van der Waals surface area contributed by atoms with Crippen LogP contribution >= 0.6 is 0 Å². The van der Waals surface area contributed by atoms with Crippen molar-refractivity contribution in [3.8, 4) is 0 Å². The highest BCUT2D eigenvalue weighted by Gasteiger charge is 2.54. The van der Waals surface area contributed by atoms with E-state index in [9.17, 15) is 9.59 Å². The van der Waals surface area contributed by atoms with Crippen LogP contribution in [0, 0.1) is 17.8 Å². The Balaban J connectivity index is 2.12. The Kier molecular flexibility index (Phi) is 5.71. The molecule has 1 heterocycles. The standard InChI is InChI=1S/C18H33N3O2/c1-13(2)10-20(11-14(3)4)12-21-16(22)18(19-17(21)23)9-7-6-8-15(18)5/h13-15H,6-12H2,1-5H3,(H,19,23)/t15-,18-/m0/s1. The second-order valence-electron chi connectivity index (χ2n) is 8.25. The number of nitrogens with zero attached hydrogens (tertiary/aromatic N) is 2. The van der Waals surface area contributed by atoms with E-state index in [4.69, 9.17) is 0 Å². The molecule has 1 N–H and O–H groups in total. The molecular formula is C18H33N3O2. The van der Waals surface area contributed by atoms with Gasteiger partial charge >= 0.3 is 6.03 Å². The molecule has 1 saturated heterocycles. The van der Waals surface area contributed by atoms with Gasteiger partial charge in [0.1, 0.15) is 5.54 Å². The highest BCUT2D eigenvalue weighted by Crippen LogP contribution is 2.38. The lowest BCUT2D eigenvalue weighted by Gasteiger charge is -2.37. The van der Waals surface area contributed by atoms with Crippen LogP contribution in [0.15, 0.2) is 0 Å². The number of imide groups is 1. The molecule has 2 rings (SSSR count). The van der Waals surface area contributed by atoms with Crippen molar-refractivity contribution in [1.82, 2.24) is 15.1 Å². The second-order valence-corrected chi connectivity index (χ2v) is 8.25. The van der Waals surface area contributed by atoms with Gasteiger partial charge in [-0.25, -0.2) is 9.69 Å². The predicted molar refractivity (Wildman–Crippen MR) is 91.9 cm³/mol. The smallest absolute Gasteiger partial charge is 0.323 e. The lowest BCUT2D eigenvalue weighted by molar-refractivity contribution is -0.135. The molecule has 1 aliphatic heterocycles. The van der Waals surface area contributed by atoms with Crippen molar-refractivity contribution in [3.63, 3.8) is 0 Å². The van der Waals surface area contributed by atoms with Gasteiger partial charge in [0.15, 0.2) is 0 Å². The molecule has 2 atom stereocenters. The van der Waals surface area contributed by atoms with Crippen molar-refractivity contribution >= 4 is 11.9 Å². The number of amides is 3. The zero-order chi connectivity index (χ0) is 17.2. The summed E-state index contributed by atoms with van der Waals surface area (Å²) in [6.45, 7) is 13.0. The lowest BCUT2D eigenvalue weighted by atomic mass is 9.73. The van der Waals surface area contributed by atoms with E-state index < -0.39 is 5.54 Å². The fraction of sp³-hybridized carbons (Fsp3) is 0.889. The van der Waals surface area contributed by atoms with Gasteiger partial charge in [-0.3, -0.25) is 9.69 Å². The van der Waals surface area contributed by atoms with E-state index >= 15 is 0 Å². The molecular weight excluding hydrogens is 290 g/mol. The van der Waals surface area contributed by atoms with Crippen LogP contribution in [0.3, 0.4) is 0 Å². The van der Waals surface area contributed by atoms with Crippen molar-refractivity contribution in [1.29, 1.82) is 0 Å². The molecule has 0 aromatic heterocycles. The van der Waals surface area contributed by atoms with Gasteiger partial charge < -0.3 is 5.32 Å². The predicted octanol–water partition coefficient (Wildman–Crippen LogP) is 3.06. The van der Waals surface area contributed by atoms with Crippen LogP contribution in [-0.2, 0) is 4.79 Å². The maximum absolute atomic E-state index is 13.0. The first-order valence-corrected chi connectivity index (χ1v) is 9.12. The third-order valence-electron chi connectivity index (χ3n) is 5.09. The van der Waals surface area contributed by atoms with Crippen molar-refractivity contribution in [3.05, 3.63) is 0 Å². The molecule has 1 aliphatic carbocycles. The quantitative estimate of drug-likeness (QED) is 0.764. The van der Waals surface area contributed by atoms with Gasteiger partial charge in [-0.15, -0.1) is 0 Å². The number of carbonyl (C=O) groups is 2. The summed E-state index contributed by atoms with van der Waals surface area (Å²) in [6, 6.07) is -0.207. The van der Waals surface area contributed by atoms with Gasteiger partial charge in [-0.1, -0.05) is 47.5 Å². The summed E-state index contributed by atoms with van der Waals surface area (Å²) in [6.07, 6.45) is 3.97. The van der Waals surface area contributed by atoms with E-state index in [2.05, 4.69) is 44.8 Å². The molecule has 0 aromatic carbocycles. The minimum Gasteiger partial charge on any atom is -0.323 e. The summed E-state index contributed by atoms with van der Waals surface area (Å²) in [4.78, 5) is 29.2. The van der Waals surface area contributed by atoms with Crippen LogP contribution in [0.25, 0.3) is 0 Å². The van der Waals surface area contributed by atoms with Gasteiger partial charge in [0.05, 0.1) is 6.67 Å². The average molecular weight is 323 g/mol. The van der Waals surface area contributed by atoms with Crippen molar-refractivity contribution < 1.29 is 9.59 Å². The van der Waals surface area contributed by atoms with Gasteiger partial charge in [-0.05, 0) is 30.6 Å². The molecule has 0 aromatic rings. The minimum atomic E-state index is -0.642. The molecule has 23 heavy (non-hydrogen) atoms. The van der Waals surface area contributed by atoms with E-state index in [0.29, 0.717) is 18.5 Å². The molecule has 0 radical (unpaired) electrons. The van der Waals surface area contributed by atoms with Crippen LogP contribution < -0.4 is 5.32 Å². The number of nitrogens with one attached hydrogen (secondary N) is 1. The molecule has 2 aliphatic rings. The Morgan fingerprint density at radius 1 is 1.17 bits per heavy atom. The summed E-state index contributed by atoms with van der Waals surface area (Å²) in [5, 5.41) is 3.04. The molecule has 0 unspecified atom stereocenters. The Labute approximate surface area is 140 Å². The summed E-state index contributed by atoms with van der Waals surface area (Å²) >= 11 is 0. The van der Waals surface area contributed by atoms with Crippen LogP contribution in [-0.4, -0.2) is 47.0 Å². The van der Waals surface area contributed by atoms with Crippen molar-refractivity contribution in [2.24, 2.45) is 17.8 Å². The van der Waals surface area contributed by atoms with Gasteiger partial charge in [-0.2, -0.15) is 0 Å². The van der Waals surface area contributed by atoms with E-state index in [1.807, 2.05) is 0 Å². The SMILES string of the molecule is CC(C)CN(CC(C)C)CN1C(=O)N[C@]2(CCCC[C@@H]2C)C1=O.